The van der Waals surface area contributed by atoms with Gasteiger partial charge in [0, 0.05) is 25.2 Å². The van der Waals surface area contributed by atoms with E-state index in [9.17, 15) is 14.4 Å². The normalized spacial score (nSPS) is 17.5. The van der Waals surface area contributed by atoms with Crippen molar-refractivity contribution in [3.8, 4) is 0 Å². The van der Waals surface area contributed by atoms with Gasteiger partial charge in [-0.05, 0) is 117 Å². The molecule has 4 atom stereocenters. The molecule has 0 radical (unpaired) electrons. The minimum Gasteiger partial charge on any atom is -0.453 e. The number of aromatic nitrogens is 2. The molecule has 0 saturated carbocycles. The Hall–Kier alpha value is -5.96. The van der Waals surface area contributed by atoms with Gasteiger partial charge in [0.2, 0.25) is 30.0 Å². The zero-order valence-electron chi connectivity index (χ0n) is 41.6. The Bertz CT molecular complexity index is 2400. The lowest BCUT2D eigenvalue weighted by atomic mass is 9.87. The van der Waals surface area contributed by atoms with Crippen LogP contribution in [0.5, 0.6) is 0 Å². The summed E-state index contributed by atoms with van der Waals surface area (Å²) in [6.45, 7) is 18.4. The van der Waals surface area contributed by atoms with Crippen LogP contribution in [0, 0.1) is 11.8 Å². The number of hydrogen-bond acceptors (Lipinski definition) is 11. The number of nitrogens with two attached hydrogens (primary N) is 1. The summed E-state index contributed by atoms with van der Waals surface area (Å²) in [6, 6.07) is 20.7. The number of fused-ring (bicyclic) bond motifs is 2. The van der Waals surface area contributed by atoms with Crippen molar-refractivity contribution in [1.82, 2.24) is 30.4 Å². The summed E-state index contributed by atoms with van der Waals surface area (Å²) in [5.41, 5.74) is 11.8. The Morgan fingerprint density at radius 1 is 0.896 bits per heavy atom. The topological polar surface area (TPSA) is 189 Å². The molecule has 2 aliphatic heterocycles. The largest absolute Gasteiger partial charge is 0.453 e. The highest BCUT2D eigenvalue weighted by Crippen LogP contribution is 2.48. The van der Waals surface area contributed by atoms with Crippen LogP contribution in [0.4, 0.5) is 10.5 Å². The third kappa shape index (κ3) is 12.9. The number of anilines is 1. The number of unbranched alkanes of at least 4 members (excludes halogenated alkanes) is 1. The van der Waals surface area contributed by atoms with Crippen molar-refractivity contribution in [3.63, 3.8) is 0 Å². The minimum absolute atomic E-state index is 0.0202. The van der Waals surface area contributed by atoms with E-state index >= 15 is 0 Å². The molecule has 0 bridgehead atoms. The number of alkyl carbamates (subject to hydrolysis) is 1. The summed E-state index contributed by atoms with van der Waals surface area (Å²) < 4.78 is 17.5. The third-order valence-corrected chi connectivity index (χ3v) is 12.3. The van der Waals surface area contributed by atoms with Crippen LogP contribution < -0.4 is 21.3 Å². The summed E-state index contributed by atoms with van der Waals surface area (Å²) >= 11 is 0. The first kappa shape index (κ1) is 52.0. The molecule has 2 aliphatic rings. The van der Waals surface area contributed by atoms with Crippen molar-refractivity contribution in [1.29, 1.82) is 0 Å². The fourth-order valence-electron chi connectivity index (χ4n) is 8.99. The Balaban J connectivity index is 0.00000133. The van der Waals surface area contributed by atoms with E-state index in [2.05, 4.69) is 111 Å². The molecule has 4 heterocycles. The van der Waals surface area contributed by atoms with Crippen LogP contribution in [-0.2, 0) is 31.1 Å². The average Bonchev–Trinajstić information content (AvgIpc) is 4.11. The van der Waals surface area contributed by atoms with Crippen LogP contribution >= 0.6 is 0 Å². The standard InChI is InChI=1S/C49H64N6O6.C2H7N.CH3NO/c1-10-11-24-53(44(56)26-30(2)3)29-43-50-36-27-32(14-22-41(36)60-43)38-20-21-39(55(38)35-18-16-34(17-19-35)49(6,7)8)33-15-23-42-37(28-33)51-46(61-42)40-13-12-25-54(40)47(57)45(31(4)5)52-48(58)59-9;1-3-2;2-1-3/h14-19,22-23,27-28,30-31,38-40,45H,10-13,20-21,24-26,29H2,1-9H3,(H,52,58);3H,1-2H3;1H,(H2,2,3)/t38-,39-,40+,45+;;/m1../s1. The number of methoxy groups -OCH3 is 1. The molecular formula is C52H74N8O7. The van der Waals surface area contributed by atoms with Gasteiger partial charge in [0.1, 0.15) is 23.1 Å². The first-order valence-corrected chi connectivity index (χ1v) is 23.8. The van der Waals surface area contributed by atoms with Crippen LogP contribution in [0.25, 0.3) is 22.2 Å². The van der Waals surface area contributed by atoms with Crippen LogP contribution in [0.15, 0.2) is 69.5 Å². The highest BCUT2D eigenvalue weighted by molar-refractivity contribution is 5.86. The number of nitrogens with one attached hydrogen (secondary N) is 2. The molecule has 3 aromatic carbocycles. The number of benzene rings is 3. The number of rotatable bonds is 14. The average molecular weight is 923 g/mol. The van der Waals surface area contributed by atoms with Gasteiger partial charge in [-0.15, -0.1) is 0 Å². The van der Waals surface area contributed by atoms with E-state index in [1.165, 1.54) is 12.7 Å². The Morgan fingerprint density at radius 3 is 2.01 bits per heavy atom. The van der Waals surface area contributed by atoms with E-state index in [-0.39, 0.29) is 53.6 Å². The van der Waals surface area contributed by atoms with Gasteiger partial charge in [0.15, 0.2) is 11.2 Å². The van der Waals surface area contributed by atoms with Crippen molar-refractivity contribution < 1.29 is 32.7 Å². The Morgan fingerprint density at radius 2 is 1.48 bits per heavy atom. The second-order valence-electron chi connectivity index (χ2n) is 19.4. The molecule has 67 heavy (non-hydrogen) atoms. The maximum atomic E-state index is 13.8. The summed E-state index contributed by atoms with van der Waals surface area (Å²) in [6.07, 6.45) is 5.45. The van der Waals surface area contributed by atoms with Crippen molar-refractivity contribution in [2.24, 2.45) is 17.6 Å². The van der Waals surface area contributed by atoms with E-state index < -0.39 is 12.1 Å². The molecule has 15 heteroatoms. The monoisotopic (exact) mass is 923 g/mol. The van der Waals surface area contributed by atoms with E-state index in [1.807, 2.05) is 45.0 Å². The summed E-state index contributed by atoms with van der Waals surface area (Å²) in [5.74, 6) is 1.19. The quantitative estimate of drug-likeness (QED) is 0.0900. The molecule has 0 unspecified atom stereocenters. The number of hydrogen-bond donors (Lipinski definition) is 3. The number of carbonyl (C=O) groups is 4. The van der Waals surface area contributed by atoms with Gasteiger partial charge in [-0.1, -0.05) is 86.1 Å². The van der Waals surface area contributed by atoms with Crippen LogP contribution in [-0.4, -0.2) is 84.4 Å². The zero-order chi connectivity index (χ0) is 49.0. The fraction of sp³-hybridized carbons (Fsp3) is 0.538. The molecule has 5 aromatic rings. The molecule has 0 aliphatic carbocycles. The lowest BCUT2D eigenvalue weighted by Crippen LogP contribution is -2.51. The highest BCUT2D eigenvalue weighted by Gasteiger charge is 2.40. The lowest BCUT2D eigenvalue weighted by Gasteiger charge is -2.34. The van der Waals surface area contributed by atoms with E-state index in [0.29, 0.717) is 43.4 Å². The number of oxazole rings is 2. The molecule has 7 rings (SSSR count). The SMILES string of the molecule is CCCCN(Cc1nc2cc([C@H]3CC[C@H](c4ccc5oc([C@@H]6CCCN6C(=O)[C@@H](NC(=O)OC)C(C)C)nc5c4)N3c3ccc(C(C)(C)C)cc3)ccc2o1)C(=O)CC(C)C.CNC.NC=O. The number of carbonyl (C=O) groups excluding carboxylic acids is 4. The summed E-state index contributed by atoms with van der Waals surface area (Å²) in [4.78, 5) is 63.9. The predicted molar refractivity (Wildman–Crippen MR) is 263 cm³/mol. The third-order valence-electron chi connectivity index (χ3n) is 12.3. The molecule has 15 nitrogen and oxygen atoms in total. The minimum atomic E-state index is -0.721. The molecule has 0 spiro atoms. The highest BCUT2D eigenvalue weighted by atomic mass is 16.5. The van der Waals surface area contributed by atoms with Gasteiger partial charge >= 0.3 is 6.09 Å². The number of ether oxygens (including phenoxy) is 1. The van der Waals surface area contributed by atoms with Gasteiger partial charge < -0.3 is 44.6 Å². The van der Waals surface area contributed by atoms with Gasteiger partial charge in [-0.2, -0.15) is 0 Å². The van der Waals surface area contributed by atoms with E-state index in [0.717, 1.165) is 72.0 Å². The van der Waals surface area contributed by atoms with Crippen molar-refractivity contribution in [2.45, 2.75) is 136 Å². The predicted octanol–water partition coefficient (Wildman–Crippen LogP) is 9.51. The molecular weight excluding hydrogens is 849 g/mol. The van der Waals surface area contributed by atoms with E-state index in [4.69, 9.17) is 28.3 Å². The van der Waals surface area contributed by atoms with Crippen molar-refractivity contribution in [2.75, 3.05) is 39.2 Å². The summed E-state index contributed by atoms with van der Waals surface area (Å²) in [7, 11) is 5.05. The second kappa shape index (κ2) is 23.7. The number of primary amides is 1. The van der Waals surface area contributed by atoms with Crippen molar-refractivity contribution in [3.05, 3.63) is 89.1 Å². The number of amides is 4. The Kier molecular flexibility index (Phi) is 18.4. The van der Waals surface area contributed by atoms with Gasteiger partial charge in [0.05, 0.1) is 25.7 Å². The molecule has 364 valence electrons. The molecule has 4 amide bonds. The maximum absolute atomic E-state index is 13.8. The number of likely N-dealkylation sites (tertiary alicyclic amines) is 1. The smallest absolute Gasteiger partial charge is 0.407 e. The molecule has 2 fully saturated rings. The van der Waals surface area contributed by atoms with Gasteiger partial charge in [-0.25, -0.2) is 14.8 Å². The molecule has 2 saturated heterocycles. The van der Waals surface area contributed by atoms with Gasteiger partial charge in [0.25, 0.3) is 0 Å². The molecule has 2 aromatic heterocycles. The van der Waals surface area contributed by atoms with Crippen molar-refractivity contribution >= 4 is 52.2 Å². The van der Waals surface area contributed by atoms with Crippen LogP contribution in [0.3, 0.4) is 0 Å². The number of nitrogens with zero attached hydrogens (tertiary/aromatic N) is 5. The second-order valence-corrected chi connectivity index (χ2v) is 19.4. The summed E-state index contributed by atoms with van der Waals surface area (Å²) in [5, 5.41) is 5.48. The van der Waals surface area contributed by atoms with Crippen LogP contribution in [0.1, 0.15) is 147 Å². The van der Waals surface area contributed by atoms with E-state index in [1.54, 1.807) is 4.90 Å². The lowest BCUT2D eigenvalue weighted by molar-refractivity contribution is -0.136. The van der Waals surface area contributed by atoms with Crippen LogP contribution in [0.2, 0.25) is 0 Å². The first-order valence-electron chi connectivity index (χ1n) is 23.8. The fourth-order valence-corrected chi connectivity index (χ4v) is 8.99. The maximum Gasteiger partial charge on any atom is 0.407 e. The first-order chi connectivity index (χ1) is 32.0. The molecule has 4 N–H and O–H groups in total. The Labute approximate surface area is 396 Å². The zero-order valence-corrected chi connectivity index (χ0v) is 41.6. The van der Waals surface area contributed by atoms with Gasteiger partial charge in [-0.3, -0.25) is 14.4 Å².